The van der Waals surface area contributed by atoms with E-state index in [1.54, 1.807) is 12.8 Å². The van der Waals surface area contributed by atoms with E-state index >= 15 is 0 Å². The first-order valence-electron chi connectivity index (χ1n) is 7.16. The molecule has 0 amide bonds. The Kier molecular flexibility index (Phi) is 3.49. The molecule has 1 nitrogen and oxygen atoms in total. The van der Waals surface area contributed by atoms with E-state index in [0.717, 1.165) is 11.3 Å². The SMILES string of the molecule is C1CC2(C1)CCN(CC1CCSCC1)CC2. The molecule has 0 aromatic rings. The van der Waals surface area contributed by atoms with Gasteiger partial charge in [-0.2, -0.15) is 11.8 Å². The van der Waals surface area contributed by atoms with Gasteiger partial charge in [-0.1, -0.05) is 6.42 Å². The smallest absolute Gasteiger partial charge is 0.00103 e. The largest absolute Gasteiger partial charge is 0.303 e. The van der Waals surface area contributed by atoms with Gasteiger partial charge in [0.2, 0.25) is 0 Å². The second-order valence-corrected chi connectivity index (χ2v) is 7.43. The lowest BCUT2D eigenvalue weighted by Crippen LogP contribution is -2.45. The molecule has 3 aliphatic rings. The summed E-state index contributed by atoms with van der Waals surface area (Å²) >= 11 is 2.15. The Balaban J connectivity index is 1.43. The van der Waals surface area contributed by atoms with Crippen LogP contribution < -0.4 is 0 Å². The normalized spacial score (nSPS) is 31.5. The van der Waals surface area contributed by atoms with Gasteiger partial charge in [-0.15, -0.1) is 0 Å². The van der Waals surface area contributed by atoms with E-state index in [4.69, 9.17) is 0 Å². The van der Waals surface area contributed by atoms with Gasteiger partial charge in [-0.05, 0) is 74.5 Å². The summed E-state index contributed by atoms with van der Waals surface area (Å²) in [5, 5.41) is 0. The van der Waals surface area contributed by atoms with Crippen molar-refractivity contribution in [2.24, 2.45) is 11.3 Å². The number of thioether (sulfide) groups is 1. The highest BCUT2D eigenvalue weighted by molar-refractivity contribution is 7.99. The lowest BCUT2D eigenvalue weighted by molar-refractivity contribution is 0.0272. The van der Waals surface area contributed by atoms with Crippen LogP contribution in [0.25, 0.3) is 0 Å². The third kappa shape index (κ3) is 2.43. The topological polar surface area (TPSA) is 3.24 Å². The van der Waals surface area contributed by atoms with Gasteiger partial charge in [-0.25, -0.2) is 0 Å². The van der Waals surface area contributed by atoms with E-state index in [9.17, 15) is 0 Å². The lowest BCUT2D eigenvalue weighted by atomic mass is 9.63. The minimum atomic E-state index is 0.832. The van der Waals surface area contributed by atoms with Gasteiger partial charge in [-0.3, -0.25) is 0 Å². The van der Waals surface area contributed by atoms with Crippen molar-refractivity contribution < 1.29 is 0 Å². The third-order valence-electron chi connectivity index (χ3n) is 5.19. The summed E-state index contributed by atoms with van der Waals surface area (Å²) in [6.07, 6.45) is 10.6. The molecule has 1 saturated carbocycles. The molecule has 0 atom stereocenters. The van der Waals surface area contributed by atoms with E-state index in [0.29, 0.717) is 0 Å². The van der Waals surface area contributed by atoms with Crippen LogP contribution in [0.3, 0.4) is 0 Å². The fraction of sp³-hybridized carbons (Fsp3) is 1.00. The molecule has 2 heterocycles. The van der Waals surface area contributed by atoms with Crippen molar-refractivity contribution >= 4 is 11.8 Å². The molecule has 2 aliphatic heterocycles. The fourth-order valence-corrected chi connectivity index (χ4v) is 4.88. The molecule has 0 aromatic carbocycles. The Morgan fingerprint density at radius 1 is 1.00 bits per heavy atom. The van der Waals surface area contributed by atoms with Gasteiger partial charge in [0.25, 0.3) is 0 Å². The predicted molar refractivity (Wildman–Crippen MR) is 72.0 cm³/mol. The van der Waals surface area contributed by atoms with Crippen LogP contribution in [-0.2, 0) is 0 Å². The summed E-state index contributed by atoms with van der Waals surface area (Å²) in [6.45, 7) is 4.23. The van der Waals surface area contributed by atoms with Crippen LogP contribution in [0.4, 0.5) is 0 Å². The van der Waals surface area contributed by atoms with Crippen LogP contribution in [0.15, 0.2) is 0 Å². The highest BCUT2D eigenvalue weighted by atomic mass is 32.2. The summed E-state index contributed by atoms with van der Waals surface area (Å²) in [4.78, 5) is 2.77. The molecule has 0 unspecified atom stereocenters. The van der Waals surface area contributed by atoms with Crippen LogP contribution in [0.2, 0.25) is 0 Å². The first kappa shape index (κ1) is 11.4. The molecule has 0 radical (unpaired) electrons. The van der Waals surface area contributed by atoms with Crippen molar-refractivity contribution in [1.82, 2.24) is 4.90 Å². The van der Waals surface area contributed by atoms with Crippen molar-refractivity contribution in [3.8, 4) is 0 Å². The van der Waals surface area contributed by atoms with Crippen molar-refractivity contribution in [3.63, 3.8) is 0 Å². The summed E-state index contributed by atoms with van der Waals surface area (Å²) in [6, 6.07) is 0. The predicted octanol–water partition coefficient (Wildman–Crippen LogP) is 3.40. The second-order valence-electron chi connectivity index (χ2n) is 6.21. The van der Waals surface area contributed by atoms with Gasteiger partial charge in [0, 0.05) is 6.54 Å². The van der Waals surface area contributed by atoms with Gasteiger partial charge >= 0.3 is 0 Å². The quantitative estimate of drug-likeness (QED) is 0.726. The number of rotatable bonds is 2. The summed E-state index contributed by atoms with van der Waals surface area (Å²) in [5.74, 6) is 3.86. The molecule has 0 aromatic heterocycles. The molecule has 1 aliphatic carbocycles. The molecule has 3 rings (SSSR count). The molecule has 1 spiro atoms. The number of likely N-dealkylation sites (tertiary alicyclic amines) is 1. The van der Waals surface area contributed by atoms with Crippen LogP contribution in [0.1, 0.15) is 44.9 Å². The van der Waals surface area contributed by atoms with Crippen molar-refractivity contribution in [2.75, 3.05) is 31.1 Å². The Hall–Kier alpha value is 0.310. The Labute approximate surface area is 104 Å². The minimum Gasteiger partial charge on any atom is -0.303 e. The van der Waals surface area contributed by atoms with Crippen LogP contribution in [0, 0.1) is 11.3 Å². The van der Waals surface area contributed by atoms with Gasteiger partial charge in [0.05, 0.1) is 0 Å². The van der Waals surface area contributed by atoms with E-state index in [2.05, 4.69) is 16.7 Å². The first-order valence-corrected chi connectivity index (χ1v) is 8.32. The van der Waals surface area contributed by atoms with E-state index in [1.807, 2.05) is 0 Å². The van der Waals surface area contributed by atoms with Gasteiger partial charge in [0.15, 0.2) is 0 Å². The van der Waals surface area contributed by atoms with Crippen LogP contribution in [-0.4, -0.2) is 36.0 Å². The number of nitrogens with zero attached hydrogens (tertiary/aromatic N) is 1. The highest BCUT2D eigenvalue weighted by Crippen LogP contribution is 2.48. The van der Waals surface area contributed by atoms with Crippen LogP contribution >= 0.6 is 11.8 Å². The molecule has 2 heteroatoms. The van der Waals surface area contributed by atoms with E-state index in [1.165, 1.54) is 63.2 Å². The third-order valence-corrected chi connectivity index (χ3v) is 6.24. The summed E-state index contributed by atoms with van der Waals surface area (Å²) in [7, 11) is 0. The molecule has 92 valence electrons. The van der Waals surface area contributed by atoms with Gasteiger partial charge in [0.1, 0.15) is 0 Å². The van der Waals surface area contributed by atoms with Crippen molar-refractivity contribution in [1.29, 1.82) is 0 Å². The molecule has 0 N–H and O–H groups in total. The maximum Gasteiger partial charge on any atom is 0.00103 e. The zero-order valence-corrected chi connectivity index (χ0v) is 11.2. The fourth-order valence-electron chi connectivity index (χ4n) is 3.68. The highest BCUT2D eigenvalue weighted by Gasteiger charge is 2.39. The Morgan fingerprint density at radius 2 is 1.69 bits per heavy atom. The Bertz CT molecular complexity index is 221. The Morgan fingerprint density at radius 3 is 2.25 bits per heavy atom. The molecule has 2 saturated heterocycles. The van der Waals surface area contributed by atoms with Gasteiger partial charge < -0.3 is 4.90 Å². The minimum absolute atomic E-state index is 0.832. The molecule has 16 heavy (non-hydrogen) atoms. The average Bonchev–Trinajstić information content (AvgIpc) is 2.29. The monoisotopic (exact) mass is 239 g/mol. The molecule has 0 bridgehead atoms. The van der Waals surface area contributed by atoms with E-state index < -0.39 is 0 Å². The lowest BCUT2D eigenvalue weighted by Gasteiger charge is -2.48. The number of hydrogen-bond acceptors (Lipinski definition) is 2. The maximum absolute atomic E-state index is 2.77. The number of hydrogen-bond donors (Lipinski definition) is 0. The summed E-state index contributed by atoms with van der Waals surface area (Å²) in [5.41, 5.74) is 0.832. The second kappa shape index (κ2) is 4.89. The summed E-state index contributed by atoms with van der Waals surface area (Å²) < 4.78 is 0. The first-order chi connectivity index (χ1) is 7.86. The zero-order valence-electron chi connectivity index (χ0n) is 10.4. The standard InChI is InChI=1S/C14H25NS/c1-4-14(5-1)6-8-15(9-7-14)12-13-2-10-16-11-3-13/h13H,1-12H2. The van der Waals surface area contributed by atoms with Crippen LogP contribution in [0.5, 0.6) is 0 Å². The molecular weight excluding hydrogens is 214 g/mol. The van der Waals surface area contributed by atoms with Crippen molar-refractivity contribution in [3.05, 3.63) is 0 Å². The average molecular weight is 239 g/mol. The zero-order chi connectivity index (χ0) is 10.8. The number of piperidine rings is 1. The molecular formula is C14H25NS. The van der Waals surface area contributed by atoms with E-state index in [-0.39, 0.29) is 0 Å². The molecule has 3 fully saturated rings. The maximum atomic E-state index is 2.77. The van der Waals surface area contributed by atoms with Crippen molar-refractivity contribution in [2.45, 2.75) is 44.9 Å².